The molecule has 2 nitrogen and oxygen atoms in total. The van der Waals surface area contributed by atoms with Gasteiger partial charge in [0.15, 0.2) is 5.75 Å². The summed E-state index contributed by atoms with van der Waals surface area (Å²) in [5.41, 5.74) is 3.77. The van der Waals surface area contributed by atoms with Crippen LogP contribution in [-0.2, 0) is 0 Å². The molecule has 1 aromatic carbocycles. The summed E-state index contributed by atoms with van der Waals surface area (Å²) in [7, 11) is 0. The minimum Gasteiger partial charge on any atom is -0.382 e. The van der Waals surface area contributed by atoms with E-state index in [9.17, 15) is 0 Å². The lowest BCUT2D eigenvalue weighted by atomic mass is 10.2. The second-order valence-corrected chi connectivity index (χ2v) is 2.09. The summed E-state index contributed by atoms with van der Waals surface area (Å²) in [4.78, 5) is 5.09. The van der Waals surface area contributed by atoms with Crippen LogP contribution in [0.3, 0.4) is 0 Å². The molecule has 1 aliphatic rings. The third-order valence-electron chi connectivity index (χ3n) is 1.42. The highest BCUT2D eigenvalue weighted by Gasteiger charge is 2.01. The number of hydroxylamine groups is 1. The predicted octanol–water partition coefficient (Wildman–Crippen LogP) is 2.40. The van der Waals surface area contributed by atoms with Gasteiger partial charge in [-0.2, -0.15) is 0 Å². The van der Waals surface area contributed by atoms with Gasteiger partial charge in [0.25, 0.3) is 0 Å². The molecule has 66 valence electrons. The molecule has 2 rings (SSSR count). The lowest BCUT2D eigenvalue weighted by molar-refractivity contribution is 0.239. The van der Waals surface area contributed by atoms with Gasteiger partial charge in [-0.3, -0.25) is 0 Å². The molecule has 0 aromatic heterocycles. The van der Waals surface area contributed by atoms with Crippen LogP contribution in [0.25, 0.3) is 6.08 Å². The van der Waals surface area contributed by atoms with Gasteiger partial charge >= 0.3 is 0 Å². The first-order chi connectivity index (χ1) is 4.97. The van der Waals surface area contributed by atoms with Gasteiger partial charge in [0, 0.05) is 11.8 Å². The lowest BCUT2D eigenvalue weighted by Gasteiger charge is -2.11. The van der Waals surface area contributed by atoms with Crippen LogP contribution in [0, 0.1) is 0 Å². The van der Waals surface area contributed by atoms with E-state index in [0.29, 0.717) is 0 Å². The van der Waals surface area contributed by atoms with Crippen molar-refractivity contribution in [3.05, 3.63) is 36.0 Å². The molecular formula is C8H9Cl2NO. The van der Waals surface area contributed by atoms with Crippen molar-refractivity contribution in [3.8, 4) is 5.75 Å². The molecule has 1 aliphatic heterocycles. The quantitative estimate of drug-likeness (QED) is 0.703. The Morgan fingerprint density at radius 2 is 1.83 bits per heavy atom. The highest BCUT2D eigenvalue weighted by Crippen LogP contribution is 2.20. The normalized spacial score (nSPS) is 11.0. The minimum absolute atomic E-state index is 0. The first-order valence-electron chi connectivity index (χ1n) is 3.15. The van der Waals surface area contributed by atoms with Gasteiger partial charge in [-0.25, -0.2) is 5.48 Å². The number of nitrogens with one attached hydrogen (secondary N) is 1. The zero-order valence-corrected chi connectivity index (χ0v) is 7.82. The average molecular weight is 206 g/mol. The average Bonchev–Trinajstić information content (AvgIpc) is 2.05. The first kappa shape index (κ1) is 11.1. The molecule has 0 radical (unpaired) electrons. The number of hydrogen-bond acceptors (Lipinski definition) is 2. The van der Waals surface area contributed by atoms with E-state index < -0.39 is 0 Å². The van der Waals surface area contributed by atoms with Crippen LogP contribution in [0.1, 0.15) is 5.56 Å². The monoisotopic (exact) mass is 205 g/mol. The fourth-order valence-electron chi connectivity index (χ4n) is 0.932. The summed E-state index contributed by atoms with van der Waals surface area (Å²) in [5, 5.41) is 0. The molecule has 0 fully saturated rings. The second-order valence-electron chi connectivity index (χ2n) is 2.09. The number of benzene rings is 1. The zero-order chi connectivity index (χ0) is 6.81. The molecule has 0 atom stereocenters. The Balaban J connectivity index is 0.000000605. The molecule has 0 unspecified atom stereocenters. The van der Waals surface area contributed by atoms with Crippen molar-refractivity contribution in [2.24, 2.45) is 0 Å². The number of fused-ring (bicyclic) bond motifs is 1. The highest BCUT2D eigenvalue weighted by atomic mass is 35.5. The maximum absolute atomic E-state index is 5.09. The Hall–Kier alpha value is -0.860. The van der Waals surface area contributed by atoms with Crippen LogP contribution in [0.4, 0.5) is 0 Å². The van der Waals surface area contributed by atoms with Crippen LogP contribution in [-0.4, -0.2) is 0 Å². The van der Waals surface area contributed by atoms with Crippen molar-refractivity contribution in [1.82, 2.24) is 5.48 Å². The van der Waals surface area contributed by atoms with E-state index in [-0.39, 0.29) is 24.8 Å². The van der Waals surface area contributed by atoms with E-state index >= 15 is 0 Å². The zero-order valence-electron chi connectivity index (χ0n) is 6.19. The Kier molecular flexibility index (Phi) is 4.55. The Bertz CT molecular complexity index is 276. The molecule has 4 heteroatoms. The maximum atomic E-state index is 5.09. The summed E-state index contributed by atoms with van der Waals surface area (Å²) in [6.07, 6.45) is 3.74. The predicted molar refractivity (Wildman–Crippen MR) is 53.7 cm³/mol. The molecule has 0 bridgehead atoms. The van der Waals surface area contributed by atoms with Crippen molar-refractivity contribution in [3.63, 3.8) is 0 Å². The maximum Gasteiger partial charge on any atom is 0.162 e. The van der Waals surface area contributed by atoms with Gasteiger partial charge < -0.3 is 4.84 Å². The third kappa shape index (κ3) is 2.06. The molecule has 1 aromatic rings. The van der Waals surface area contributed by atoms with E-state index in [1.54, 1.807) is 6.20 Å². The minimum atomic E-state index is 0. The molecular weight excluding hydrogens is 197 g/mol. The van der Waals surface area contributed by atoms with E-state index in [2.05, 4.69) is 5.48 Å². The fraction of sp³-hybridized carbons (Fsp3) is 0. The molecule has 1 N–H and O–H groups in total. The molecule has 1 heterocycles. The van der Waals surface area contributed by atoms with Crippen LogP contribution in [0.2, 0.25) is 0 Å². The molecule has 0 amide bonds. The standard InChI is InChI=1S/C8H7NO.2ClH/c1-2-4-8-7(3-1)5-6-9-10-8;;/h1-6,9H;2*1H. The van der Waals surface area contributed by atoms with Gasteiger partial charge in [0.05, 0.1) is 0 Å². The summed E-state index contributed by atoms with van der Waals surface area (Å²) < 4.78 is 0. The van der Waals surface area contributed by atoms with E-state index in [4.69, 9.17) is 4.84 Å². The van der Waals surface area contributed by atoms with Crippen LogP contribution in [0.15, 0.2) is 30.5 Å². The summed E-state index contributed by atoms with van der Waals surface area (Å²) in [6.45, 7) is 0. The van der Waals surface area contributed by atoms with E-state index in [0.717, 1.165) is 11.3 Å². The number of halogens is 2. The van der Waals surface area contributed by atoms with Crippen LogP contribution >= 0.6 is 24.8 Å². The Morgan fingerprint density at radius 3 is 2.58 bits per heavy atom. The largest absolute Gasteiger partial charge is 0.382 e. The van der Waals surface area contributed by atoms with Gasteiger partial charge in [-0.1, -0.05) is 18.2 Å². The van der Waals surface area contributed by atoms with Crippen molar-refractivity contribution in [2.75, 3.05) is 0 Å². The Morgan fingerprint density at radius 1 is 1.08 bits per heavy atom. The number of hydrogen-bond donors (Lipinski definition) is 1. The summed E-state index contributed by atoms with van der Waals surface area (Å²) in [6, 6.07) is 7.86. The first-order valence-corrected chi connectivity index (χ1v) is 3.15. The molecule has 0 aliphatic carbocycles. The summed E-state index contributed by atoms with van der Waals surface area (Å²) in [5.74, 6) is 0.880. The topological polar surface area (TPSA) is 21.3 Å². The highest BCUT2D eigenvalue weighted by molar-refractivity contribution is 5.85. The molecule has 0 saturated carbocycles. The summed E-state index contributed by atoms with van der Waals surface area (Å²) >= 11 is 0. The molecule has 12 heavy (non-hydrogen) atoms. The fourth-order valence-corrected chi connectivity index (χ4v) is 0.932. The van der Waals surface area contributed by atoms with Crippen molar-refractivity contribution in [1.29, 1.82) is 0 Å². The van der Waals surface area contributed by atoms with Crippen molar-refractivity contribution >= 4 is 30.9 Å². The van der Waals surface area contributed by atoms with Crippen molar-refractivity contribution in [2.45, 2.75) is 0 Å². The smallest absolute Gasteiger partial charge is 0.162 e. The van der Waals surface area contributed by atoms with Gasteiger partial charge in [0.2, 0.25) is 0 Å². The van der Waals surface area contributed by atoms with Crippen LogP contribution in [0.5, 0.6) is 5.75 Å². The van der Waals surface area contributed by atoms with Crippen molar-refractivity contribution < 1.29 is 4.84 Å². The van der Waals surface area contributed by atoms with E-state index in [1.807, 2.05) is 30.3 Å². The van der Waals surface area contributed by atoms with Gasteiger partial charge in [0.1, 0.15) is 0 Å². The third-order valence-corrected chi connectivity index (χ3v) is 1.42. The SMILES string of the molecule is C1=Cc2ccccc2ON1.Cl.Cl. The van der Waals surface area contributed by atoms with Gasteiger partial charge in [-0.05, 0) is 12.1 Å². The number of rotatable bonds is 0. The second kappa shape index (κ2) is 4.91. The number of para-hydroxylation sites is 1. The van der Waals surface area contributed by atoms with Crippen LogP contribution < -0.4 is 10.3 Å². The lowest BCUT2D eigenvalue weighted by Crippen LogP contribution is -2.13. The molecule has 0 spiro atoms. The van der Waals surface area contributed by atoms with Gasteiger partial charge in [-0.15, -0.1) is 24.8 Å². The Labute approximate surface area is 83.4 Å². The molecule has 0 saturated heterocycles. The van der Waals surface area contributed by atoms with E-state index in [1.165, 1.54) is 0 Å².